The van der Waals surface area contributed by atoms with Crippen molar-refractivity contribution >= 4 is 17.3 Å². The molecule has 0 heterocycles. The quantitative estimate of drug-likeness (QED) is 0.545. The Labute approximate surface area is 162 Å². The van der Waals surface area contributed by atoms with Crippen molar-refractivity contribution < 1.29 is 13.9 Å². The Balaban J connectivity index is 1.83. The zero-order valence-corrected chi connectivity index (χ0v) is 16.8. The van der Waals surface area contributed by atoms with Gasteiger partial charge in [0.25, 0.3) is 0 Å². The third-order valence-electron chi connectivity index (χ3n) is 5.81. The van der Waals surface area contributed by atoms with Crippen molar-refractivity contribution in [3.8, 4) is 0 Å². The topological polar surface area (TPSA) is 55.6 Å². The van der Waals surface area contributed by atoms with E-state index >= 15 is 0 Å². The van der Waals surface area contributed by atoms with E-state index in [1.165, 1.54) is 19.3 Å². The van der Waals surface area contributed by atoms with Crippen LogP contribution in [0.4, 0.5) is 15.8 Å². The number of nitrogens with two attached hydrogens (primary N) is 1. The zero-order chi connectivity index (χ0) is 19.6. The highest BCUT2D eigenvalue weighted by molar-refractivity contribution is 5.78. The van der Waals surface area contributed by atoms with Gasteiger partial charge in [0.1, 0.15) is 5.82 Å². The van der Waals surface area contributed by atoms with E-state index in [2.05, 4.69) is 18.7 Å². The summed E-state index contributed by atoms with van der Waals surface area (Å²) in [6.45, 7) is 7.40. The first-order chi connectivity index (χ1) is 12.9. The fourth-order valence-electron chi connectivity index (χ4n) is 4.41. The minimum absolute atomic E-state index is 0.103. The maximum atomic E-state index is 15.0. The van der Waals surface area contributed by atoms with Crippen molar-refractivity contribution in [3.63, 3.8) is 0 Å². The van der Waals surface area contributed by atoms with Gasteiger partial charge in [0.2, 0.25) is 0 Å². The molecule has 2 fully saturated rings. The number of rotatable bonds is 7. The van der Waals surface area contributed by atoms with Crippen molar-refractivity contribution in [1.82, 2.24) is 0 Å². The highest BCUT2D eigenvalue weighted by Crippen LogP contribution is 2.50. The Hall–Kier alpha value is -1.78. The Morgan fingerprint density at radius 2 is 2.00 bits per heavy atom. The SMILES string of the molecule is CCOC(=O)[C@@H]1C[C@@H]1c1cc(N)c(N(CC(C)C)C2CCCCC2)cc1F. The molecule has 1 aromatic rings. The van der Waals surface area contributed by atoms with E-state index in [1.54, 1.807) is 19.1 Å². The van der Waals surface area contributed by atoms with Crippen LogP contribution in [0.3, 0.4) is 0 Å². The van der Waals surface area contributed by atoms with Crippen LogP contribution in [0.25, 0.3) is 0 Å². The van der Waals surface area contributed by atoms with Gasteiger partial charge in [-0.15, -0.1) is 0 Å². The van der Waals surface area contributed by atoms with E-state index in [1.807, 2.05) is 0 Å². The summed E-state index contributed by atoms with van der Waals surface area (Å²) in [5.74, 6) is -0.331. The Bertz CT molecular complexity index is 671. The lowest BCUT2D eigenvalue weighted by molar-refractivity contribution is -0.144. The first-order valence-electron chi connectivity index (χ1n) is 10.4. The number of anilines is 2. The summed E-state index contributed by atoms with van der Waals surface area (Å²) >= 11 is 0. The van der Waals surface area contributed by atoms with Gasteiger partial charge < -0.3 is 15.4 Å². The summed E-state index contributed by atoms with van der Waals surface area (Å²) in [5.41, 5.74) is 8.38. The lowest BCUT2D eigenvalue weighted by atomic mass is 9.92. The van der Waals surface area contributed by atoms with Gasteiger partial charge >= 0.3 is 5.97 Å². The van der Waals surface area contributed by atoms with E-state index in [9.17, 15) is 9.18 Å². The second kappa shape index (κ2) is 8.49. The van der Waals surface area contributed by atoms with Crippen LogP contribution < -0.4 is 10.6 Å². The number of nitrogen functional groups attached to an aromatic ring is 1. The van der Waals surface area contributed by atoms with Crippen LogP contribution in [0.15, 0.2) is 12.1 Å². The molecule has 2 atom stereocenters. The third kappa shape index (κ3) is 4.56. The molecule has 1 aromatic carbocycles. The van der Waals surface area contributed by atoms with Crippen LogP contribution in [0.5, 0.6) is 0 Å². The van der Waals surface area contributed by atoms with Crippen molar-refractivity contribution in [2.45, 2.75) is 71.3 Å². The lowest BCUT2D eigenvalue weighted by Crippen LogP contribution is -2.39. The normalized spacial score (nSPS) is 22.7. The minimum Gasteiger partial charge on any atom is -0.466 e. The molecule has 0 radical (unpaired) electrons. The van der Waals surface area contributed by atoms with Crippen molar-refractivity contribution in [3.05, 3.63) is 23.5 Å². The molecule has 0 bridgehead atoms. The molecule has 5 heteroatoms. The highest BCUT2D eigenvalue weighted by atomic mass is 19.1. The van der Waals surface area contributed by atoms with Crippen LogP contribution >= 0.6 is 0 Å². The average molecular weight is 377 g/mol. The number of carbonyl (C=O) groups is 1. The fourth-order valence-corrected chi connectivity index (χ4v) is 4.41. The number of ether oxygens (including phenoxy) is 1. The molecule has 2 saturated carbocycles. The van der Waals surface area contributed by atoms with Gasteiger partial charge in [-0.05, 0) is 49.8 Å². The lowest BCUT2D eigenvalue weighted by Gasteiger charge is -2.38. The number of hydrogen-bond donors (Lipinski definition) is 1. The molecule has 0 unspecified atom stereocenters. The summed E-state index contributed by atoms with van der Waals surface area (Å²) in [5, 5.41) is 0. The standard InChI is InChI=1S/C22H33FN2O2/c1-4-27-22(26)18-10-16(18)17-11-20(24)21(12-19(17)23)25(13-14(2)3)15-8-6-5-7-9-15/h11-12,14-16,18H,4-10,13,24H2,1-3H3/t16-,18-/m1/s1. The van der Waals surface area contributed by atoms with Gasteiger partial charge in [-0.2, -0.15) is 0 Å². The number of esters is 1. The first kappa shape index (κ1) is 20.0. The summed E-state index contributed by atoms with van der Waals surface area (Å²) in [4.78, 5) is 14.2. The number of carbonyl (C=O) groups excluding carboxylic acids is 1. The predicted molar refractivity (Wildman–Crippen MR) is 107 cm³/mol. The summed E-state index contributed by atoms with van der Waals surface area (Å²) in [6, 6.07) is 3.79. The average Bonchev–Trinajstić information content (AvgIpc) is 3.43. The van der Waals surface area contributed by atoms with Crippen LogP contribution in [0, 0.1) is 17.7 Å². The summed E-state index contributed by atoms with van der Waals surface area (Å²) < 4.78 is 20.0. The molecule has 2 aliphatic carbocycles. The van der Waals surface area contributed by atoms with Crippen molar-refractivity contribution in [2.75, 3.05) is 23.8 Å². The minimum atomic E-state index is -0.249. The van der Waals surface area contributed by atoms with Gasteiger partial charge in [-0.25, -0.2) is 4.39 Å². The monoisotopic (exact) mass is 376 g/mol. The molecule has 4 nitrogen and oxygen atoms in total. The summed E-state index contributed by atoms with van der Waals surface area (Å²) in [7, 11) is 0. The van der Waals surface area contributed by atoms with Gasteiger partial charge in [0.15, 0.2) is 0 Å². The van der Waals surface area contributed by atoms with Crippen molar-refractivity contribution in [2.24, 2.45) is 11.8 Å². The first-order valence-corrected chi connectivity index (χ1v) is 10.4. The second-order valence-electron chi connectivity index (χ2n) is 8.47. The third-order valence-corrected chi connectivity index (χ3v) is 5.81. The molecule has 0 saturated heterocycles. The zero-order valence-electron chi connectivity index (χ0n) is 16.8. The number of hydrogen-bond acceptors (Lipinski definition) is 4. The Morgan fingerprint density at radius 3 is 2.63 bits per heavy atom. The molecule has 150 valence electrons. The molecule has 0 aromatic heterocycles. The van der Waals surface area contributed by atoms with Crippen LogP contribution in [-0.4, -0.2) is 25.2 Å². The van der Waals surface area contributed by atoms with Gasteiger partial charge in [-0.3, -0.25) is 4.79 Å². The van der Waals surface area contributed by atoms with Gasteiger partial charge in [0.05, 0.1) is 23.9 Å². The van der Waals surface area contributed by atoms with Crippen LogP contribution in [-0.2, 0) is 9.53 Å². The number of nitrogens with zero attached hydrogens (tertiary/aromatic N) is 1. The van der Waals surface area contributed by atoms with Crippen LogP contribution in [0.1, 0.15) is 70.8 Å². The van der Waals surface area contributed by atoms with Gasteiger partial charge in [0, 0.05) is 18.5 Å². The predicted octanol–water partition coefficient (Wildman–Crippen LogP) is 4.87. The van der Waals surface area contributed by atoms with E-state index in [0.717, 1.165) is 25.1 Å². The van der Waals surface area contributed by atoms with E-state index in [4.69, 9.17) is 10.5 Å². The smallest absolute Gasteiger partial charge is 0.309 e. The number of benzene rings is 1. The highest BCUT2D eigenvalue weighted by Gasteiger charge is 2.46. The van der Waals surface area contributed by atoms with E-state index in [0.29, 0.717) is 36.2 Å². The Morgan fingerprint density at radius 1 is 1.30 bits per heavy atom. The van der Waals surface area contributed by atoms with E-state index < -0.39 is 0 Å². The number of halogens is 1. The summed E-state index contributed by atoms with van der Waals surface area (Å²) in [6.07, 6.45) is 6.66. The molecular formula is C22H33FN2O2. The molecule has 27 heavy (non-hydrogen) atoms. The fraction of sp³-hybridized carbons (Fsp3) is 0.682. The molecule has 0 spiro atoms. The van der Waals surface area contributed by atoms with Gasteiger partial charge in [-0.1, -0.05) is 33.1 Å². The van der Waals surface area contributed by atoms with E-state index in [-0.39, 0.29) is 23.6 Å². The molecule has 3 rings (SSSR count). The maximum absolute atomic E-state index is 15.0. The van der Waals surface area contributed by atoms with Crippen LogP contribution in [0.2, 0.25) is 0 Å². The molecule has 0 aliphatic heterocycles. The molecule has 2 aliphatic rings. The Kier molecular flexibility index (Phi) is 6.28. The largest absolute Gasteiger partial charge is 0.466 e. The molecule has 0 amide bonds. The van der Waals surface area contributed by atoms with Crippen molar-refractivity contribution in [1.29, 1.82) is 0 Å². The maximum Gasteiger partial charge on any atom is 0.309 e. The second-order valence-corrected chi connectivity index (χ2v) is 8.47. The molecular weight excluding hydrogens is 343 g/mol. The molecule has 2 N–H and O–H groups in total.